The maximum absolute atomic E-state index is 13.2. The highest BCUT2D eigenvalue weighted by Crippen LogP contribution is 2.34. The summed E-state index contributed by atoms with van der Waals surface area (Å²) in [5.74, 6) is 0.603. The minimum atomic E-state index is -4.49. The number of aromatic nitrogens is 2. The highest BCUT2D eigenvalue weighted by Gasteiger charge is 2.35. The minimum Gasteiger partial charge on any atom is -0.394 e. The number of nitrogens with one attached hydrogen (secondary N) is 2. The van der Waals surface area contributed by atoms with Crippen LogP contribution in [0, 0.1) is 5.92 Å². The normalized spacial score (nSPS) is 22.0. The van der Waals surface area contributed by atoms with E-state index in [1.807, 2.05) is 0 Å². The summed E-state index contributed by atoms with van der Waals surface area (Å²) in [5.41, 5.74) is -0.332. The summed E-state index contributed by atoms with van der Waals surface area (Å²) in [6, 6.07) is 3.97. The Morgan fingerprint density at radius 1 is 1.24 bits per heavy atom. The highest BCUT2D eigenvalue weighted by atomic mass is 19.4. The standard InChI is InChI=1S/C23H32F3N5O3/c1-34-14-15-2-5-18(6-3-15)30-12-17(13-30)28-21(33)11-27-22-19-10-16(23(24,25)26)4-7-20(19)31(29-22)8-9-32/h4,7,10,15,17-18,32H,2-3,5-6,8-9,11-14H2,1H3,(H,27,29)(H,28,33)/t15-,18+. The van der Waals surface area contributed by atoms with Crippen molar-refractivity contribution in [2.75, 3.05) is 45.3 Å². The zero-order chi connectivity index (χ0) is 24.3. The second-order valence-electron chi connectivity index (χ2n) is 9.23. The summed E-state index contributed by atoms with van der Waals surface area (Å²) in [6.07, 6.45) is 0.159. The SMILES string of the molecule is COC[C@H]1CC[C@@H](N2CC(NC(=O)CNc3nn(CCO)c4ccc(C(F)(F)F)cc34)C2)CC1. The maximum Gasteiger partial charge on any atom is 0.416 e. The van der Waals surface area contributed by atoms with Crippen LogP contribution in [0.15, 0.2) is 18.2 Å². The van der Waals surface area contributed by atoms with Crippen molar-refractivity contribution < 1.29 is 27.8 Å². The quantitative estimate of drug-likeness (QED) is 0.508. The molecule has 2 aliphatic rings. The number of anilines is 1. The lowest BCUT2D eigenvalue weighted by Gasteiger charge is -2.46. The zero-order valence-corrected chi connectivity index (χ0v) is 19.3. The van der Waals surface area contributed by atoms with E-state index in [9.17, 15) is 23.1 Å². The molecule has 0 unspecified atom stereocenters. The van der Waals surface area contributed by atoms with Crippen molar-refractivity contribution in [3.8, 4) is 0 Å². The molecular weight excluding hydrogens is 451 g/mol. The maximum atomic E-state index is 13.2. The molecule has 4 rings (SSSR count). The molecule has 1 aliphatic carbocycles. The monoisotopic (exact) mass is 483 g/mol. The van der Waals surface area contributed by atoms with Gasteiger partial charge in [0.15, 0.2) is 5.82 Å². The number of benzene rings is 1. The Bertz CT molecular complexity index is 982. The highest BCUT2D eigenvalue weighted by molar-refractivity contribution is 5.92. The summed E-state index contributed by atoms with van der Waals surface area (Å²) in [7, 11) is 1.74. The number of methoxy groups -OCH3 is 1. The van der Waals surface area contributed by atoms with Crippen LogP contribution in [-0.2, 0) is 22.3 Å². The number of fused-ring (bicyclic) bond motifs is 1. The lowest BCUT2D eigenvalue weighted by molar-refractivity contribution is -0.137. The van der Waals surface area contributed by atoms with Crippen LogP contribution in [-0.4, -0.2) is 77.7 Å². The largest absolute Gasteiger partial charge is 0.416 e. The average molecular weight is 484 g/mol. The van der Waals surface area contributed by atoms with Crippen molar-refractivity contribution >= 4 is 22.6 Å². The third kappa shape index (κ3) is 5.64. The van der Waals surface area contributed by atoms with Crippen LogP contribution in [0.3, 0.4) is 0 Å². The van der Waals surface area contributed by atoms with Gasteiger partial charge in [0.1, 0.15) is 0 Å². The van der Waals surface area contributed by atoms with E-state index in [0.29, 0.717) is 17.5 Å². The van der Waals surface area contributed by atoms with Gasteiger partial charge in [-0.15, -0.1) is 0 Å². The van der Waals surface area contributed by atoms with Gasteiger partial charge in [-0.1, -0.05) is 0 Å². The van der Waals surface area contributed by atoms with Crippen LogP contribution < -0.4 is 10.6 Å². The zero-order valence-electron chi connectivity index (χ0n) is 19.3. The fraction of sp³-hybridized carbons (Fsp3) is 0.652. The summed E-state index contributed by atoms with van der Waals surface area (Å²) < 4.78 is 46.2. The number of alkyl halides is 3. The van der Waals surface area contributed by atoms with Crippen molar-refractivity contribution in [1.82, 2.24) is 20.0 Å². The van der Waals surface area contributed by atoms with E-state index in [0.717, 1.165) is 44.7 Å². The number of aliphatic hydroxyl groups excluding tert-OH is 1. The number of hydrogen-bond donors (Lipinski definition) is 3. The van der Waals surface area contributed by atoms with Crippen molar-refractivity contribution in [3.05, 3.63) is 23.8 Å². The lowest BCUT2D eigenvalue weighted by Crippen LogP contribution is -2.63. The second kappa shape index (κ2) is 10.5. The molecule has 1 aromatic carbocycles. The molecule has 1 amide bonds. The number of aliphatic hydroxyl groups is 1. The van der Waals surface area contributed by atoms with Crippen molar-refractivity contribution in [1.29, 1.82) is 0 Å². The summed E-state index contributed by atoms with van der Waals surface area (Å²) in [5, 5.41) is 19.6. The molecule has 0 spiro atoms. The molecule has 11 heteroatoms. The number of carbonyl (C=O) groups excluding carboxylic acids is 1. The summed E-state index contributed by atoms with van der Waals surface area (Å²) in [6.45, 7) is 2.29. The van der Waals surface area contributed by atoms with Crippen LogP contribution in [0.1, 0.15) is 31.2 Å². The van der Waals surface area contributed by atoms with E-state index in [4.69, 9.17) is 4.74 Å². The van der Waals surface area contributed by atoms with Gasteiger partial charge in [-0.3, -0.25) is 14.4 Å². The first-order valence-electron chi connectivity index (χ1n) is 11.7. The van der Waals surface area contributed by atoms with E-state index in [1.165, 1.54) is 23.6 Å². The molecule has 188 valence electrons. The molecule has 2 aromatic rings. The van der Waals surface area contributed by atoms with Crippen molar-refractivity contribution in [3.63, 3.8) is 0 Å². The van der Waals surface area contributed by atoms with Gasteiger partial charge in [0.2, 0.25) is 5.91 Å². The van der Waals surface area contributed by atoms with Crippen LogP contribution in [0.2, 0.25) is 0 Å². The molecule has 2 heterocycles. The molecule has 2 fully saturated rings. The number of amides is 1. The first-order chi connectivity index (χ1) is 16.3. The van der Waals surface area contributed by atoms with Gasteiger partial charge in [-0.25, -0.2) is 0 Å². The minimum absolute atomic E-state index is 0.0755. The van der Waals surface area contributed by atoms with Crippen molar-refractivity contribution in [2.24, 2.45) is 5.92 Å². The Labute approximate surface area is 196 Å². The van der Waals surface area contributed by atoms with E-state index in [2.05, 4.69) is 20.6 Å². The predicted molar refractivity (Wildman–Crippen MR) is 121 cm³/mol. The van der Waals surface area contributed by atoms with Gasteiger partial charge in [-0.2, -0.15) is 18.3 Å². The molecule has 1 aliphatic heterocycles. The fourth-order valence-electron chi connectivity index (χ4n) is 5.01. The number of likely N-dealkylation sites (tertiary alicyclic amines) is 1. The Hall–Kier alpha value is -2.37. The van der Waals surface area contributed by atoms with E-state index in [1.54, 1.807) is 7.11 Å². The molecule has 1 saturated carbocycles. The molecule has 8 nitrogen and oxygen atoms in total. The van der Waals surface area contributed by atoms with E-state index >= 15 is 0 Å². The van der Waals surface area contributed by atoms with Crippen LogP contribution in [0.4, 0.5) is 19.0 Å². The number of carbonyl (C=O) groups is 1. The third-order valence-corrected chi connectivity index (χ3v) is 6.82. The van der Waals surface area contributed by atoms with E-state index in [-0.39, 0.29) is 42.8 Å². The molecule has 1 saturated heterocycles. The molecule has 0 atom stereocenters. The van der Waals surface area contributed by atoms with Gasteiger partial charge >= 0.3 is 6.18 Å². The molecular formula is C23H32F3N5O3. The first kappa shape index (κ1) is 24.7. The Morgan fingerprint density at radius 3 is 2.62 bits per heavy atom. The summed E-state index contributed by atoms with van der Waals surface area (Å²) in [4.78, 5) is 14.9. The Balaban J connectivity index is 1.29. The predicted octanol–water partition coefficient (Wildman–Crippen LogP) is 2.46. The number of nitrogens with zero attached hydrogens (tertiary/aromatic N) is 3. The number of halogens is 3. The average Bonchev–Trinajstić information content (AvgIpc) is 3.12. The van der Waals surface area contributed by atoms with Gasteiger partial charge in [0, 0.05) is 38.2 Å². The lowest BCUT2D eigenvalue weighted by atomic mass is 9.84. The smallest absolute Gasteiger partial charge is 0.394 e. The van der Waals surface area contributed by atoms with Gasteiger partial charge < -0.3 is 20.5 Å². The van der Waals surface area contributed by atoms with Gasteiger partial charge in [-0.05, 0) is 49.8 Å². The number of ether oxygens (including phenoxy) is 1. The Morgan fingerprint density at radius 2 is 1.97 bits per heavy atom. The van der Waals surface area contributed by atoms with Crippen LogP contribution in [0.5, 0.6) is 0 Å². The van der Waals surface area contributed by atoms with Crippen LogP contribution in [0.25, 0.3) is 10.9 Å². The molecule has 1 aromatic heterocycles. The first-order valence-corrected chi connectivity index (χ1v) is 11.7. The Kier molecular flexibility index (Phi) is 7.63. The molecule has 0 bridgehead atoms. The topological polar surface area (TPSA) is 91.7 Å². The van der Waals surface area contributed by atoms with Crippen LogP contribution >= 0.6 is 0 Å². The third-order valence-electron chi connectivity index (χ3n) is 6.82. The van der Waals surface area contributed by atoms with Gasteiger partial charge in [0.05, 0.1) is 36.8 Å². The molecule has 0 radical (unpaired) electrons. The summed E-state index contributed by atoms with van der Waals surface area (Å²) >= 11 is 0. The molecule has 34 heavy (non-hydrogen) atoms. The number of rotatable bonds is 9. The fourth-order valence-corrected chi connectivity index (χ4v) is 5.01. The van der Waals surface area contributed by atoms with Crippen molar-refractivity contribution in [2.45, 2.75) is 50.5 Å². The van der Waals surface area contributed by atoms with E-state index < -0.39 is 11.7 Å². The second-order valence-corrected chi connectivity index (χ2v) is 9.23. The molecule has 3 N–H and O–H groups in total. The number of hydrogen-bond acceptors (Lipinski definition) is 6. The van der Waals surface area contributed by atoms with Gasteiger partial charge in [0.25, 0.3) is 0 Å².